The minimum Gasteiger partial charge on any atom is -0.395 e. The summed E-state index contributed by atoms with van der Waals surface area (Å²) in [5, 5.41) is 12.8. The average Bonchev–Trinajstić information content (AvgIpc) is 3.19. The standard InChI is InChI=1S/C19H15N3O3S/c23-10-9-22-17(24)11-15(19(22)25)20-13-7-5-12(6-8-13)18-21-14-3-1-2-4-16(14)26-18/h1-8,11,20,23H,9-10H2. The van der Waals surface area contributed by atoms with Gasteiger partial charge in [-0.1, -0.05) is 12.1 Å². The predicted octanol–water partition coefficient (Wildman–Crippen LogP) is 2.62. The molecular weight excluding hydrogens is 350 g/mol. The van der Waals surface area contributed by atoms with Crippen LogP contribution in [-0.2, 0) is 9.59 Å². The number of carbonyl (C=O) groups is 2. The number of anilines is 1. The van der Waals surface area contributed by atoms with Crippen molar-refractivity contribution >= 4 is 39.1 Å². The van der Waals surface area contributed by atoms with Gasteiger partial charge in [0.1, 0.15) is 10.7 Å². The van der Waals surface area contributed by atoms with E-state index in [2.05, 4.69) is 10.3 Å². The van der Waals surface area contributed by atoms with E-state index < -0.39 is 11.8 Å². The van der Waals surface area contributed by atoms with E-state index in [-0.39, 0.29) is 18.8 Å². The molecular formula is C19H15N3O3S. The van der Waals surface area contributed by atoms with Crippen LogP contribution in [0.2, 0.25) is 0 Å². The van der Waals surface area contributed by atoms with Crippen molar-refractivity contribution in [2.24, 2.45) is 0 Å². The van der Waals surface area contributed by atoms with Crippen molar-refractivity contribution in [3.63, 3.8) is 0 Å². The maximum atomic E-state index is 12.2. The Kier molecular flexibility index (Phi) is 4.24. The molecule has 0 spiro atoms. The number of para-hydroxylation sites is 1. The zero-order valence-electron chi connectivity index (χ0n) is 13.7. The van der Waals surface area contributed by atoms with Crippen LogP contribution >= 0.6 is 11.3 Å². The van der Waals surface area contributed by atoms with Crippen LogP contribution in [0.1, 0.15) is 0 Å². The summed E-state index contributed by atoms with van der Waals surface area (Å²) in [7, 11) is 0. The highest BCUT2D eigenvalue weighted by molar-refractivity contribution is 7.21. The minimum atomic E-state index is -0.431. The van der Waals surface area contributed by atoms with Crippen LogP contribution in [0.4, 0.5) is 5.69 Å². The van der Waals surface area contributed by atoms with E-state index in [1.165, 1.54) is 6.08 Å². The van der Waals surface area contributed by atoms with Gasteiger partial charge in [-0.25, -0.2) is 4.98 Å². The molecule has 2 heterocycles. The van der Waals surface area contributed by atoms with Crippen LogP contribution in [0.3, 0.4) is 0 Å². The van der Waals surface area contributed by atoms with Crippen LogP contribution in [0.5, 0.6) is 0 Å². The number of aromatic nitrogens is 1. The van der Waals surface area contributed by atoms with Gasteiger partial charge in [-0.05, 0) is 36.4 Å². The number of nitrogens with zero attached hydrogens (tertiary/aromatic N) is 2. The summed E-state index contributed by atoms with van der Waals surface area (Å²) < 4.78 is 1.13. The molecule has 7 heteroatoms. The molecule has 1 aliphatic heterocycles. The molecule has 6 nitrogen and oxygen atoms in total. The normalized spacial score (nSPS) is 14.2. The molecule has 3 aromatic rings. The molecule has 0 aliphatic carbocycles. The third-order valence-corrected chi connectivity index (χ3v) is 5.12. The first-order chi connectivity index (χ1) is 12.7. The number of β-amino-alcohol motifs (C(OH)–C–C–N with tert-alkyl or cyclic N) is 1. The molecule has 0 saturated carbocycles. The summed E-state index contributed by atoms with van der Waals surface area (Å²) in [5.74, 6) is -0.850. The number of hydrogen-bond acceptors (Lipinski definition) is 6. The monoisotopic (exact) mass is 365 g/mol. The van der Waals surface area contributed by atoms with Crippen molar-refractivity contribution in [2.75, 3.05) is 18.5 Å². The van der Waals surface area contributed by atoms with Gasteiger partial charge in [0.2, 0.25) is 0 Å². The van der Waals surface area contributed by atoms with E-state index in [9.17, 15) is 9.59 Å². The molecule has 1 aliphatic rings. The first kappa shape index (κ1) is 16.4. The fraction of sp³-hybridized carbons (Fsp3) is 0.105. The summed E-state index contributed by atoms with van der Waals surface area (Å²) in [4.78, 5) is 29.6. The van der Waals surface area contributed by atoms with Gasteiger partial charge in [0, 0.05) is 17.3 Å². The van der Waals surface area contributed by atoms with Gasteiger partial charge in [-0.2, -0.15) is 0 Å². The smallest absolute Gasteiger partial charge is 0.277 e. The van der Waals surface area contributed by atoms with Crippen LogP contribution in [-0.4, -0.2) is 40.0 Å². The summed E-state index contributed by atoms with van der Waals surface area (Å²) >= 11 is 1.62. The molecule has 1 aromatic heterocycles. The first-order valence-electron chi connectivity index (χ1n) is 8.07. The van der Waals surface area contributed by atoms with E-state index in [4.69, 9.17) is 5.11 Å². The van der Waals surface area contributed by atoms with Crippen molar-refractivity contribution < 1.29 is 14.7 Å². The molecule has 4 rings (SSSR count). The van der Waals surface area contributed by atoms with Gasteiger partial charge in [0.05, 0.1) is 23.4 Å². The van der Waals surface area contributed by atoms with E-state index in [0.29, 0.717) is 5.69 Å². The van der Waals surface area contributed by atoms with Crippen LogP contribution in [0.15, 0.2) is 60.3 Å². The number of nitrogens with one attached hydrogen (secondary N) is 1. The zero-order chi connectivity index (χ0) is 18.1. The largest absolute Gasteiger partial charge is 0.395 e. The van der Waals surface area contributed by atoms with E-state index in [1.54, 1.807) is 11.3 Å². The Morgan fingerprint density at radius 3 is 2.58 bits per heavy atom. The molecule has 0 unspecified atom stereocenters. The Labute approximate surface area is 153 Å². The number of thiazole rings is 1. The Balaban J connectivity index is 1.52. The lowest BCUT2D eigenvalue weighted by atomic mass is 10.2. The second kappa shape index (κ2) is 6.70. The number of carbonyl (C=O) groups excluding carboxylic acids is 2. The molecule has 0 atom stereocenters. The molecule has 26 heavy (non-hydrogen) atoms. The first-order valence-corrected chi connectivity index (χ1v) is 8.89. The average molecular weight is 365 g/mol. The summed E-state index contributed by atoms with van der Waals surface area (Å²) in [6.07, 6.45) is 1.25. The highest BCUT2D eigenvalue weighted by Crippen LogP contribution is 2.30. The lowest BCUT2D eigenvalue weighted by Crippen LogP contribution is -2.34. The highest BCUT2D eigenvalue weighted by atomic mass is 32.1. The molecule has 0 radical (unpaired) electrons. The number of hydrogen-bond donors (Lipinski definition) is 2. The lowest BCUT2D eigenvalue weighted by Gasteiger charge is -2.13. The van der Waals surface area contributed by atoms with Crippen molar-refractivity contribution in [1.82, 2.24) is 9.88 Å². The third-order valence-electron chi connectivity index (χ3n) is 4.04. The SMILES string of the molecule is O=C1C=C(Nc2ccc(-c3nc4ccccc4s3)cc2)C(=O)N1CCO. The van der Waals surface area contributed by atoms with Gasteiger partial charge in [0.25, 0.3) is 11.8 Å². The van der Waals surface area contributed by atoms with Gasteiger partial charge in [-0.15, -0.1) is 11.3 Å². The molecule has 2 amide bonds. The highest BCUT2D eigenvalue weighted by Gasteiger charge is 2.30. The maximum absolute atomic E-state index is 12.2. The number of amides is 2. The number of aliphatic hydroxyl groups is 1. The van der Waals surface area contributed by atoms with Crippen LogP contribution < -0.4 is 5.32 Å². The van der Waals surface area contributed by atoms with Crippen LogP contribution in [0, 0.1) is 0 Å². The Morgan fingerprint density at radius 1 is 1.08 bits per heavy atom. The van der Waals surface area contributed by atoms with Crippen molar-refractivity contribution in [2.45, 2.75) is 0 Å². The predicted molar refractivity (Wildman–Crippen MR) is 101 cm³/mol. The lowest BCUT2D eigenvalue weighted by molar-refractivity contribution is -0.137. The summed E-state index contributed by atoms with van der Waals surface area (Å²) in [5.41, 5.74) is 2.87. The third kappa shape index (κ3) is 2.98. The van der Waals surface area contributed by atoms with Gasteiger partial charge in [-0.3, -0.25) is 14.5 Å². The van der Waals surface area contributed by atoms with Crippen molar-refractivity contribution in [3.8, 4) is 10.6 Å². The number of aliphatic hydroxyl groups excluding tert-OH is 1. The van der Waals surface area contributed by atoms with Crippen molar-refractivity contribution in [3.05, 3.63) is 60.3 Å². The zero-order valence-corrected chi connectivity index (χ0v) is 14.5. The topological polar surface area (TPSA) is 82.5 Å². The number of benzene rings is 2. The molecule has 0 fully saturated rings. The van der Waals surface area contributed by atoms with Crippen LogP contribution in [0.25, 0.3) is 20.8 Å². The number of rotatable bonds is 5. The van der Waals surface area contributed by atoms with E-state index in [0.717, 1.165) is 25.7 Å². The Bertz CT molecular complexity index is 991. The Morgan fingerprint density at radius 2 is 1.85 bits per heavy atom. The molecule has 2 N–H and O–H groups in total. The summed E-state index contributed by atoms with van der Waals surface area (Å²) in [6, 6.07) is 15.5. The number of fused-ring (bicyclic) bond motifs is 1. The van der Waals surface area contributed by atoms with E-state index >= 15 is 0 Å². The maximum Gasteiger partial charge on any atom is 0.277 e. The minimum absolute atomic E-state index is 0.00408. The fourth-order valence-electron chi connectivity index (χ4n) is 2.76. The molecule has 0 saturated heterocycles. The van der Waals surface area contributed by atoms with Gasteiger partial charge in [0.15, 0.2) is 0 Å². The second-order valence-electron chi connectivity index (χ2n) is 5.77. The second-order valence-corrected chi connectivity index (χ2v) is 6.80. The van der Waals surface area contributed by atoms with E-state index in [1.807, 2.05) is 48.5 Å². The van der Waals surface area contributed by atoms with Crippen molar-refractivity contribution in [1.29, 1.82) is 0 Å². The number of imide groups is 1. The molecule has 0 bridgehead atoms. The fourth-order valence-corrected chi connectivity index (χ4v) is 3.73. The summed E-state index contributed by atoms with van der Waals surface area (Å²) in [6.45, 7) is -0.259. The van der Waals surface area contributed by atoms with Gasteiger partial charge < -0.3 is 10.4 Å². The molecule has 130 valence electrons. The molecule has 2 aromatic carbocycles. The Hall–Kier alpha value is -3.03. The van der Waals surface area contributed by atoms with Gasteiger partial charge >= 0.3 is 0 Å². The quantitative estimate of drug-likeness (QED) is 0.679.